The maximum atomic E-state index is 9.61. The highest BCUT2D eigenvalue weighted by atomic mass is 32.1. The van der Waals surface area contributed by atoms with Crippen LogP contribution in [-0.4, -0.2) is 23.2 Å². The Kier molecular flexibility index (Phi) is 4.41. The maximum absolute atomic E-state index is 9.61. The van der Waals surface area contributed by atoms with Crippen LogP contribution in [0, 0.1) is 19.3 Å². The summed E-state index contributed by atoms with van der Waals surface area (Å²) in [5, 5.41) is 14.3. The monoisotopic (exact) mass is 268 g/mol. The summed E-state index contributed by atoms with van der Waals surface area (Å²) in [6.07, 6.45) is 4.81. The Morgan fingerprint density at radius 1 is 1.39 bits per heavy atom. The number of nitrogens with one attached hydrogen (secondary N) is 1. The summed E-state index contributed by atoms with van der Waals surface area (Å²) in [7, 11) is 0. The van der Waals surface area contributed by atoms with Gasteiger partial charge in [-0.1, -0.05) is 12.8 Å². The molecule has 0 radical (unpaired) electrons. The van der Waals surface area contributed by atoms with Gasteiger partial charge in [0, 0.05) is 29.5 Å². The van der Waals surface area contributed by atoms with Crippen LogP contribution in [0.25, 0.3) is 0 Å². The van der Waals surface area contributed by atoms with Gasteiger partial charge in [-0.05, 0) is 33.6 Å². The second-order valence-electron chi connectivity index (χ2n) is 5.64. The van der Waals surface area contributed by atoms with Gasteiger partial charge in [0.05, 0.1) is 10.7 Å². The summed E-state index contributed by atoms with van der Waals surface area (Å²) in [5.74, 6) is 0. The van der Waals surface area contributed by atoms with Crippen LogP contribution in [0.4, 0.5) is 0 Å². The third-order valence-corrected chi connectivity index (χ3v) is 5.03. The van der Waals surface area contributed by atoms with Crippen molar-refractivity contribution in [2.75, 3.05) is 13.2 Å². The standard InChI is InChI=1S/C14H24N2OS/c1-10(13-11(2)18-12(3)16-13)15-8-14(9-17)6-4-5-7-14/h10,15,17H,4-9H2,1-3H3. The molecule has 0 saturated heterocycles. The van der Waals surface area contributed by atoms with E-state index in [9.17, 15) is 5.11 Å². The number of aryl methyl sites for hydroxylation is 2. The van der Waals surface area contributed by atoms with Crippen molar-refractivity contribution in [3.63, 3.8) is 0 Å². The van der Waals surface area contributed by atoms with Crippen LogP contribution in [0.2, 0.25) is 0 Å². The maximum Gasteiger partial charge on any atom is 0.0900 e. The molecule has 2 rings (SSSR count). The van der Waals surface area contributed by atoms with Crippen molar-refractivity contribution in [1.82, 2.24) is 10.3 Å². The summed E-state index contributed by atoms with van der Waals surface area (Å²) >= 11 is 1.76. The quantitative estimate of drug-likeness (QED) is 0.863. The lowest BCUT2D eigenvalue weighted by molar-refractivity contribution is 0.125. The van der Waals surface area contributed by atoms with Crippen molar-refractivity contribution in [2.24, 2.45) is 5.41 Å². The fraction of sp³-hybridized carbons (Fsp3) is 0.786. The summed E-state index contributed by atoms with van der Waals surface area (Å²) in [6.45, 7) is 7.57. The van der Waals surface area contributed by atoms with Crippen LogP contribution in [0.1, 0.15) is 54.2 Å². The molecule has 102 valence electrons. The number of hydrogen-bond acceptors (Lipinski definition) is 4. The van der Waals surface area contributed by atoms with E-state index in [4.69, 9.17) is 0 Å². The predicted octanol–water partition coefficient (Wildman–Crippen LogP) is 2.96. The zero-order chi connectivity index (χ0) is 13.2. The molecule has 1 fully saturated rings. The zero-order valence-electron chi connectivity index (χ0n) is 11.6. The number of thiazole rings is 1. The molecule has 1 aromatic heterocycles. The summed E-state index contributed by atoms with van der Waals surface area (Å²) in [6, 6.07) is 0.277. The van der Waals surface area contributed by atoms with E-state index < -0.39 is 0 Å². The lowest BCUT2D eigenvalue weighted by Gasteiger charge is -2.28. The van der Waals surface area contributed by atoms with Gasteiger partial charge in [0.15, 0.2) is 0 Å². The van der Waals surface area contributed by atoms with Crippen LogP contribution in [0.15, 0.2) is 0 Å². The second kappa shape index (κ2) is 5.68. The molecule has 0 spiro atoms. The highest BCUT2D eigenvalue weighted by Crippen LogP contribution is 2.37. The SMILES string of the molecule is Cc1nc(C(C)NCC2(CO)CCCC2)c(C)s1. The number of hydrogen-bond donors (Lipinski definition) is 2. The lowest BCUT2D eigenvalue weighted by atomic mass is 9.87. The average Bonchev–Trinajstić information content (AvgIpc) is 2.94. The van der Waals surface area contributed by atoms with E-state index in [0.717, 1.165) is 24.4 Å². The predicted molar refractivity (Wildman–Crippen MR) is 76.0 cm³/mol. The highest BCUT2D eigenvalue weighted by molar-refractivity contribution is 7.11. The van der Waals surface area contributed by atoms with E-state index in [-0.39, 0.29) is 11.5 Å². The first-order valence-electron chi connectivity index (χ1n) is 6.84. The Bertz CT molecular complexity index is 396. The first-order valence-corrected chi connectivity index (χ1v) is 7.66. The average molecular weight is 268 g/mol. The van der Waals surface area contributed by atoms with Gasteiger partial charge < -0.3 is 10.4 Å². The van der Waals surface area contributed by atoms with E-state index in [1.807, 2.05) is 0 Å². The van der Waals surface area contributed by atoms with Crippen LogP contribution >= 0.6 is 11.3 Å². The molecule has 0 bridgehead atoms. The van der Waals surface area contributed by atoms with Crippen molar-refractivity contribution in [2.45, 2.75) is 52.5 Å². The Morgan fingerprint density at radius 2 is 2.06 bits per heavy atom. The zero-order valence-corrected chi connectivity index (χ0v) is 12.4. The molecule has 1 unspecified atom stereocenters. The van der Waals surface area contributed by atoms with Crippen molar-refractivity contribution in [1.29, 1.82) is 0 Å². The first kappa shape index (κ1) is 14.0. The minimum atomic E-state index is 0.118. The molecule has 3 nitrogen and oxygen atoms in total. The van der Waals surface area contributed by atoms with Crippen LogP contribution in [0.3, 0.4) is 0 Å². The Morgan fingerprint density at radius 3 is 2.56 bits per heavy atom. The summed E-state index contributed by atoms with van der Waals surface area (Å²) in [5.41, 5.74) is 1.29. The van der Waals surface area contributed by atoms with E-state index >= 15 is 0 Å². The number of rotatable bonds is 5. The Labute approximate surface area is 114 Å². The number of aliphatic hydroxyl groups excluding tert-OH is 1. The van der Waals surface area contributed by atoms with Crippen molar-refractivity contribution in [3.05, 3.63) is 15.6 Å². The van der Waals surface area contributed by atoms with Gasteiger partial charge in [-0.3, -0.25) is 0 Å². The molecule has 18 heavy (non-hydrogen) atoms. The number of aromatic nitrogens is 1. The fourth-order valence-corrected chi connectivity index (χ4v) is 3.84. The van der Waals surface area contributed by atoms with Gasteiger partial charge in [-0.15, -0.1) is 11.3 Å². The number of aliphatic hydroxyl groups is 1. The number of nitrogens with zero attached hydrogens (tertiary/aromatic N) is 1. The minimum absolute atomic E-state index is 0.118. The Hall–Kier alpha value is -0.450. The van der Waals surface area contributed by atoms with Crippen LogP contribution < -0.4 is 5.32 Å². The smallest absolute Gasteiger partial charge is 0.0900 e. The molecule has 1 aromatic rings. The van der Waals surface area contributed by atoms with Crippen LogP contribution in [-0.2, 0) is 0 Å². The molecule has 1 aliphatic rings. The van der Waals surface area contributed by atoms with Crippen molar-refractivity contribution >= 4 is 11.3 Å². The summed E-state index contributed by atoms with van der Waals surface area (Å²) in [4.78, 5) is 5.90. The molecule has 0 amide bonds. The van der Waals surface area contributed by atoms with E-state index in [2.05, 4.69) is 31.1 Å². The largest absolute Gasteiger partial charge is 0.396 e. The van der Waals surface area contributed by atoms with Crippen molar-refractivity contribution in [3.8, 4) is 0 Å². The normalized spacial score (nSPS) is 20.2. The minimum Gasteiger partial charge on any atom is -0.396 e. The molecule has 0 aliphatic heterocycles. The van der Waals surface area contributed by atoms with Gasteiger partial charge >= 0.3 is 0 Å². The molecule has 1 atom stereocenters. The molecule has 1 aliphatic carbocycles. The van der Waals surface area contributed by atoms with Gasteiger partial charge in [-0.2, -0.15) is 0 Å². The van der Waals surface area contributed by atoms with Gasteiger partial charge in [0.25, 0.3) is 0 Å². The fourth-order valence-electron chi connectivity index (χ4n) is 2.93. The molecule has 2 N–H and O–H groups in total. The third kappa shape index (κ3) is 2.92. The molecule has 1 heterocycles. The van der Waals surface area contributed by atoms with E-state index in [1.54, 1.807) is 11.3 Å². The molecular formula is C14H24N2OS. The van der Waals surface area contributed by atoms with E-state index in [1.165, 1.54) is 23.4 Å². The van der Waals surface area contributed by atoms with Crippen LogP contribution in [0.5, 0.6) is 0 Å². The summed E-state index contributed by atoms with van der Waals surface area (Å²) < 4.78 is 0. The lowest BCUT2D eigenvalue weighted by Crippen LogP contribution is -2.36. The molecule has 4 heteroatoms. The van der Waals surface area contributed by atoms with Gasteiger partial charge in [0.2, 0.25) is 0 Å². The Balaban J connectivity index is 1.95. The topological polar surface area (TPSA) is 45.2 Å². The second-order valence-corrected chi connectivity index (χ2v) is 7.05. The molecule has 1 saturated carbocycles. The molecule has 0 aromatic carbocycles. The van der Waals surface area contributed by atoms with Crippen molar-refractivity contribution < 1.29 is 5.11 Å². The highest BCUT2D eigenvalue weighted by Gasteiger charge is 2.33. The first-order chi connectivity index (χ1) is 8.56. The van der Waals surface area contributed by atoms with Gasteiger partial charge in [0.1, 0.15) is 0 Å². The third-order valence-electron chi connectivity index (χ3n) is 4.13. The molecular weight excluding hydrogens is 244 g/mol. The van der Waals surface area contributed by atoms with E-state index in [0.29, 0.717) is 6.61 Å². The van der Waals surface area contributed by atoms with Gasteiger partial charge in [-0.25, -0.2) is 4.98 Å².